The Labute approximate surface area is 120 Å². The van der Waals surface area contributed by atoms with Crippen molar-refractivity contribution >= 4 is 5.91 Å². The lowest BCUT2D eigenvalue weighted by Crippen LogP contribution is -2.49. The quantitative estimate of drug-likeness (QED) is 0.856. The van der Waals surface area contributed by atoms with Gasteiger partial charge in [0.25, 0.3) is 0 Å². The third kappa shape index (κ3) is 2.35. The van der Waals surface area contributed by atoms with Gasteiger partial charge in [0.1, 0.15) is 0 Å². The zero-order valence-corrected chi connectivity index (χ0v) is 12.4. The minimum Gasteiger partial charge on any atom is -0.349 e. The van der Waals surface area contributed by atoms with Gasteiger partial charge in [0.15, 0.2) is 0 Å². The van der Waals surface area contributed by atoms with Gasteiger partial charge in [0.2, 0.25) is 5.91 Å². The van der Waals surface area contributed by atoms with Crippen LogP contribution in [0.2, 0.25) is 0 Å². The van der Waals surface area contributed by atoms with E-state index in [1.807, 2.05) is 17.9 Å². The fourth-order valence-electron chi connectivity index (χ4n) is 3.44. The number of nitrogens with zero attached hydrogens (tertiary/aromatic N) is 2. The third-order valence-corrected chi connectivity index (χ3v) is 4.83. The van der Waals surface area contributed by atoms with Gasteiger partial charge in [-0.15, -0.1) is 0 Å². The van der Waals surface area contributed by atoms with E-state index in [0.717, 1.165) is 45.2 Å². The molecule has 0 spiro atoms. The third-order valence-electron chi connectivity index (χ3n) is 4.83. The molecule has 20 heavy (non-hydrogen) atoms. The van der Waals surface area contributed by atoms with Gasteiger partial charge in [-0.3, -0.25) is 9.48 Å². The molecule has 1 aliphatic heterocycles. The van der Waals surface area contributed by atoms with Gasteiger partial charge >= 0.3 is 0 Å². The average molecular weight is 276 g/mol. The van der Waals surface area contributed by atoms with Crippen molar-refractivity contribution in [2.24, 2.45) is 12.5 Å². The highest BCUT2D eigenvalue weighted by Gasteiger charge is 2.36. The van der Waals surface area contributed by atoms with E-state index in [2.05, 4.69) is 22.7 Å². The van der Waals surface area contributed by atoms with Crippen LogP contribution in [0.4, 0.5) is 0 Å². The average Bonchev–Trinajstić information content (AvgIpc) is 2.83. The van der Waals surface area contributed by atoms with E-state index < -0.39 is 0 Å². The SMILES string of the molecule is Cn1ncc2c1CCCC2NC(=O)C1(C)CCCNC1. The first-order valence-electron chi connectivity index (χ1n) is 7.63. The summed E-state index contributed by atoms with van der Waals surface area (Å²) in [7, 11) is 1.98. The van der Waals surface area contributed by atoms with Crippen LogP contribution in [-0.4, -0.2) is 28.8 Å². The molecule has 5 nitrogen and oxygen atoms in total. The first kappa shape index (κ1) is 13.6. The van der Waals surface area contributed by atoms with Crippen LogP contribution in [0.5, 0.6) is 0 Å². The summed E-state index contributed by atoms with van der Waals surface area (Å²) in [5.74, 6) is 0.186. The molecule has 2 heterocycles. The summed E-state index contributed by atoms with van der Waals surface area (Å²) in [6, 6.07) is 0.138. The maximum atomic E-state index is 12.6. The molecule has 0 aromatic carbocycles. The van der Waals surface area contributed by atoms with Crippen LogP contribution in [0.3, 0.4) is 0 Å². The number of hydrogen-bond donors (Lipinski definition) is 2. The molecule has 3 rings (SSSR count). The van der Waals surface area contributed by atoms with Crippen molar-refractivity contribution in [1.82, 2.24) is 20.4 Å². The normalized spacial score (nSPS) is 29.8. The topological polar surface area (TPSA) is 59.0 Å². The van der Waals surface area contributed by atoms with Crippen molar-refractivity contribution in [3.05, 3.63) is 17.5 Å². The van der Waals surface area contributed by atoms with Gasteiger partial charge in [-0.2, -0.15) is 5.10 Å². The summed E-state index contributed by atoms with van der Waals surface area (Å²) in [5, 5.41) is 10.9. The maximum absolute atomic E-state index is 12.6. The highest BCUT2D eigenvalue weighted by Crippen LogP contribution is 2.32. The van der Waals surface area contributed by atoms with E-state index in [9.17, 15) is 4.79 Å². The summed E-state index contributed by atoms with van der Waals surface area (Å²) in [6.07, 6.45) is 7.17. The largest absolute Gasteiger partial charge is 0.349 e. The van der Waals surface area contributed by atoms with E-state index in [-0.39, 0.29) is 17.4 Å². The van der Waals surface area contributed by atoms with Crippen LogP contribution >= 0.6 is 0 Å². The number of aromatic nitrogens is 2. The second kappa shape index (κ2) is 5.20. The van der Waals surface area contributed by atoms with Crippen LogP contribution < -0.4 is 10.6 Å². The van der Waals surface area contributed by atoms with E-state index in [0.29, 0.717) is 0 Å². The molecule has 2 atom stereocenters. The van der Waals surface area contributed by atoms with E-state index in [1.165, 1.54) is 11.3 Å². The zero-order chi connectivity index (χ0) is 14.2. The number of piperidine rings is 1. The second-order valence-electron chi connectivity index (χ2n) is 6.43. The van der Waals surface area contributed by atoms with Gasteiger partial charge in [0, 0.05) is 24.8 Å². The molecule has 2 unspecified atom stereocenters. The van der Waals surface area contributed by atoms with Gasteiger partial charge in [-0.25, -0.2) is 0 Å². The molecule has 0 radical (unpaired) electrons. The van der Waals surface area contributed by atoms with Crippen LogP contribution in [0, 0.1) is 5.41 Å². The molecule has 110 valence electrons. The second-order valence-corrected chi connectivity index (χ2v) is 6.43. The summed E-state index contributed by atoms with van der Waals surface area (Å²) in [6.45, 7) is 3.88. The number of carbonyl (C=O) groups excluding carboxylic acids is 1. The fourth-order valence-corrected chi connectivity index (χ4v) is 3.44. The lowest BCUT2D eigenvalue weighted by Gasteiger charge is -2.35. The van der Waals surface area contributed by atoms with Crippen LogP contribution in [0.25, 0.3) is 0 Å². The molecule has 1 aliphatic carbocycles. The molecule has 1 fully saturated rings. The Balaban J connectivity index is 1.73. The van der Waals surface area contributed by atoms with Crippen LogP contribution in [0.1, 0.15) is 49.9 Å². The minimum atomic E-state index is -0.266. The van der Waals surface area contributed by atoms with Gasteiger partial charge in [-0.1, -0.05) is 0 Å². The Hall–Kier alpha value is -1.36. The summed E-state index contributed by atoms with van der Waals surface area (Å²) >= 11 is 0. The first-order chi connectivity index (χ1) is 9.60. The Kier molecular flexibility index (Phi) is 3.54. The number of nitrogens with one attached hydrogen (secondary N) is 2. The molecule has 0 bridgehead atoms. The summed E-state index contributed by atoms with van der Waals surface area (Å²) in [4.78, 5) is 12.6. The van der Waals surface area contributed by atoms with Gasteiger partial charge in [-0.05, 0) is 45.6 Å². The fraction of sp³-hybridized carbons (Fsp3) is 0.733. The predicted octanol–water partition coefficient (Wildman–Crippen LogP) is 1.30. The Morgan fingerprint density at radius 2 is 2.40 bits per heavy atom. The minimum absolute atomic E-state index is 0.138. The molecule has 1 aromatic heterocycles. The Morgan fingerprint density at radius 1 is 1.55 bits per heavy atom. The number of fused-ring (bicyclic) bond motifs is 1. The molecule has 1 aromatic rings. The van der Waals surface area contributed by atoms with E-state index >= 15 is 0 Å². The Bertz CT molecular complexity index is 502. The molecule has 5 heteroatoms. The van der Waals surface area contributed by atoms with Gasteiger partial charge in [0.05, 0.1) is 17.7 Å². The molecule has 1 amide bonds. The zero-order valence-electron chi connectivity index (χ0n) is 12.4. The molecule has 0 saturated carbocycles. The van der Waals surface area contributed by atoms with Crippen molar-refractivity contribution in [3.63, 3.8) is 0 Å². The van der Waals surface area contributed by atoms with Crippen LogP contribution in [0.15, 0.2) is 6.20 Å². The number of carbonyl (C=O) groups is 1. The van der Waals surface area contributed by atoms with E-state index in [1.54, 1.807) is 0 Å². The van der Waals surface area contributed by atoms with Crippen molar-refractivity contribution in [3.8, 4) is 0 Å². The molecule has 2 N–H and O–H groups in total. The van der Waals surface area contributed by atoms with Crippen molar-refractivity contribution < 1.29 is 4.79 Å². The smallest absolute Gasteiger partial charge is 0.227 e. The molecular weight excluding hydrogens is 252 g/mol. The molecule has 2 aliphatic rings. The standard InChI is InChI=1S/C15H24N4O/c1-15(7-4-8-16-10-15)14(20)18-12-5-3-6-13-11(12)9-17-19(13)2/h9,12,16H,3-8,10H2,1-2H3,(H,18,20). The lowest BCUT2D eigenvalue weighted by molar-refractivity contribution is -0.132. The van der Waals surface area contributed by atoms with E-state index in [4.69, 9.17) is 0 Å². The monoisotopic (exact) mass is 276 g/mol. The number of aryl methyl sites for hydroxylation is 1. The Morgan fingerprint density at radius 3 is 3.15 bits per heavy atom. The highest BCUT2D eigenvalue weighted by atomic mass is 16.2. The lowest BCUT2D eigenvalue weighted by atomic mass is 9.81. The maximum Gasteiger partial charge on any atom is 0.227 e. The highest BCUT2D eigenvalue weighted by molar-refractivity contribution is 5.83. The number of amides is 1. The van der Waals surface area contributed by atoms with Crippen LogP contribution in [-0.2, 0) is 18.3 Å². The summed E-state index contributed by atoms with van der Waals surface area (Å²) < 4.78 is 1.94. The predicted molar refractivity (Wildman–Crippen MR) is 77.2 cm³/mol. The van der Waals surface area contributed by atoms with Gasteiger partial charge < -0.3 is 10.6 Å². The summed E-state index contributed by atoms with van der Waals surface area (Å²) in [5.41, 5.74) is 2.21. The van der Waals surface area contributed by atoms with Crippen molar-refractivity contribution in [1.29, 1.82) is 0 Å². The molecular formula is C15H24N4O. The molecule has 1 saturated heterocycles. The number of hydrogen-bond acceptors (Lipinski definition) is 3. The number of rotatable bonds is 2. The van der Waals surface area contributed by atoms with Crippen molar-refractivity contribution in [2.45, 2.75) is 45.1 Å². The first-order valence-corrected chi connectivity index (χ1v) is 7.63. The van der Waals surface area contributed by atoms with Crippen molar-refractivity contribution in [2.75, 3.05) is 13.1 Å².